The van der Waals surface area contributed by atoms with Gasteiger partial charge in [-0.1, -0.05) is 164 Å². The Hall–Kier alpha value is -6.18. The molecule has 1 aromatic heterocycles. The van der Waals surface area contributed by atoms with Gasteiger partial charge >= 0.3 is 0 Å². The summed E-state index contributed by atoms with van der Waals surface area (Å²) in [5.41, 5.74) is 11.6. The second-order valence-corrected chi connectivity index (χ2v) is 12.4. The average Bonchev–Trinajstić information content (AvgIpc) is 3.53. The van der Waals surface area contributed by atoms with Crippen molar-refractivity contribution in [2.75, 3.05) is 0 Å². The van der Waals surface area contributed by atoms with Crippen LogP contribution in [0.25, 0.3) is 98.8 Å². The topological polar surface area (TPSA) is 13.1 Å². The van der Waals surface area contributed by atoms with Crippen LogP contribution >= 0.6 is 0 Å². The molecule has 10 aromatic rings. The number of rotatable bonds is 4. The average molecular weight is 597 g/mol. The molecule has 0 aliphatic heterocycles. The Balaban J connectivity index is 1.13. The van der Waals surface area contributed by atoms with Crippen molar-refractivity contribution in [2.45, 2.75) is 0 Å². The summed E-state index contributed by atoms with van der Waals surface area (Å²) in [5, 5.41) is 10.1. The minimum atomic E-state index is 0.923. The van der Waals surface area contributed by atoms with E-state index in [-0.39, 0.29) is 0 Å². The zero-order chi connectivity index (χ0) is 30.9. The normalized spacial score (nSPS) is 11.8. The van der Waals surface area contributed by atoms with Gasteiger partial charge in [0, 0.05) is 16.3 Å². The maximum absolute atomic E-state index is 6.35. The van der Waals surface area contributed by atoms with Gasteiger partial charge in [0.2, 0.25) is 0 Å². The van der Waals surface area contributed by atoms with Crippen molar-refractivity contribution in [2.24, 2.45) is 0 Å². The van der Waals surface area contributed by atoms with Gasteiger partial charge in [-0.3, -0.25) is 0 Å². The molecule has 0 saturated carbocycles. The first-order valence-electron chi connectivity index (χ1n) is 16.2. The summed E-state index contributed by atoms with van der Waals surface area (Å²) >= 11 is 0. The van der Waals surface area contributed by atoms with Gasteiger partial charge in [-0.15, -0.1) is 0 Å². The Morgan fingerprint density at radius 1 is 0.277 bits per heavy atom. The molecule has 0 aliphatic carbocycles. The molecule has 0 spiro atoms. The molecule has 0 unspecified atom stereocenters. The zero-order valence-electron chi connectivity index (χ0n) is 25.6. The Labute approximate surface area is 272 Å². The Bertz CT molecular complexity index is 2770. The second kappa shape index (κ2) is 10.2. The van der Waals surface area contributed by atoms with Crippen molar-refractivity contribution >= 4 is 54.3 Å². The number of hydrogen-bond acceptors (Lipinski definition) is 1. The third kappa shape index (κ3) is 3.97. The van der Waals surface area contributed by atoms with E-state index in [4.69, 9.17) is 4.42 Å². The van der Waals surface area contributed by atoms with E-state index in [2.05, 4.69) is 158 Å². The molecule has 10 rings (SSSR count). The lowest BCUT2D eigenvalue weighted by Gasteiger charge is -2.18. The summed E-state index contributed by atoms with van der Waals surface area (Å²) in [7, 11) is 0. The van der Waals surface area contributed by atoms with Gasteiger partial charge in [0.25, 0.3) is 0 Å². The van der Waals surface area contributed by atoms with E-state index in [0.29, 0.717) is 0 Å². The van der Waals surface area contributed by atoms with Crippen molar-refractivity contribution in [1.82, 2.24) is 0 Å². The monoisotopic (exact) mass is 596 g/mol. The van der Waals surface area contributed by atoms with E-state index in [1.807, 2.05) is 12.1 Å². The highest BCUT2D eigenvalue weighted by atomic mass is 16.3. The molecule has 0 atom stereocenters. The molecule has 47 heavy (non-hydrogen) atoms. The van der Waals surface area contributed by atoms with E-state index in [9.17, 15) is 0 Å². The van der Waals surface area contributed by atoms with Crippen molar-refractivity contribution in [3.8, 4) is 44.5 Å². The lowest BCUT2D eigenvalue weighted by atomic mass is 9.85. The summed E-state index contributed by atoms with van der Waals surface area (Å²) in [5.74, 6) is 0. The van der Waals surface area contributed by atoms with Gasteiger partial charge in [0.05, 0.1) is 0 Å². The Morgan fingerprint density at radius 2 is 0.809 bits per heavy atom. The number of hydrogen-bond donors (Lipinski definition) is 0. The van der Waals surface area contributed by atoms with Gasteiger partial charge in [-0.05, 0) is 77.3 Å². The van der Waals surface area contributed by atoms with Crippen molar-refractivity contribution in [1.29, 1.82) is 0 Å². The minimum absolute atomic E-state index is 0.923. The molecule has 1 heterocycles. The predicted molar refractivity (Wildman–Crippen MR) is 199 cm³/mol. The van der Waals surface area contributed by atoms with E-state index in [0.717, 1.165) is 33.1 Å². The van der Waals surface area contributed by atoms with Gasteiger partial charge < -0.3 is 4.42 Å². The van der Waals surface area contributed by atoms with Crippen molar-refractivity contribution in [3.05, 3.63) is 170 Å². The van der Waals surface area contributed by atoms with Crippen LogP contribution < -0.4 is 0 Å². The number of para-hydroxylation sites is 2. The molecule has 0 radical (unpaired) electrons. The fraction of sp³-hybridized carbons (Fsp3) is 0. The summed E-state index contributed by atoms with van der Waals surface area (Å²) in [4.78, 5) is 0. The SMILES string of the molecule is c1ccc(-c2ccccc2-c2ccc3ccc4c(-c5ccc(-c6cccc7c6oc6ccccc67)cc5)ccc5ccc2c3c54)cc1. The minimum Gasteiger partial charge on any atom is -0.455 e. The van der Waals surface area contributed by atoms with Crippen LogP contribution in [0.5, 0.6) is 0 Å². The second-order valence-electron chi connectivity index (χ2n) is 12.4. The highest BCUT2D eigenvalue weighted by molar-refractivity contribution is 6.28. The molecule has 9 aromatic carbocycles. The molecule has 0 fully saturated rings. The van der Waals surface area contributed by atoms with E-state index >= 15 is 0 Å². The maximum Gasteiger partial charge on any atom is 0.143 e. The summed E-state index contributed by atoms with van der Waals surface area (Å²) < 4.78 is 6.35. The van der Waals surface area contributed by atoms with E-state index in [1.54, 1.807) is 0 Å². The third-order valence-electron chi connectivity index (χ3n) is 9.88. The van der Waals surface area contributed by atoms with Crippen LogP contribution in [0.4, 0.5) is 0 Å². The van der Waals surface area contributed by atoms with Gasteiger partial charge in [-0.25, -0.2) is 0 Å². The lowest BCUT2D eigenvalue weighted by Crippen LogP contribution is -1.91. The third-order valence-corrected chi connectivity index (χ3v) is 9.88. The molecule has 1 nitrogen and oxygen atoms in total. The smallest absolute Gasteiger partial charge is 0.143 e. The highest BCUT2D eigenvalue weighted by Crippen LogP contribution is 2.44. The van der Waals surface area contributed by atoms with Gasteiger partial charge in [0.1, 0.15) is 11.2 Å². The van der Waals surface area contributed by atoms with E-state index < -0.39 is 0 Å². The lowest BCUT2D eigenvalue weighted by molar-refractivity contribution is 0.670. The quantitative estimate of drug-likeness (QED) is 0.184. The number of fused-ring (bicyclic) bond motifs is 3. The van der Waals surface area contributed by atoms with Crippen molar-refractivity contribution in [3.63, 3.8) is 0 Å². The molecule has 0 aliphatic rings. The van der Waals surface area contributed by atoms with Crippen LogP contribution in [0.1, 0.15) is 0 Å². The molecular weight excluding hydrogens is 569 g/mol. The fourth-order valence-electron chi connectivity index (χ4n) is 7.68. The Morgan fingerprint density at radius 3 is 1.57 bits per heavy atom. The summed E-state index contributed by atoms with van der Waals surface area (Å²) in [6, 6.07) is 61.5. The molecule has 0 saturated heterocycles. The standard InChI is InChI=1S/C46H28O/c1-2-9-29(10-3-1)34-11-4-5-12-37(34)38-26-22-33-23-27-40-35(25-21-32-24-28-41(38)45(33)44(32)40)30-17-19-31(20-18-30)36-14-8-15-42-39-13-6-7-16-43(39)47-46(36)42/h1-28H. The molecule has 0 bridgehead atoms. The molecule has 0 N–H and O–H groups in total. The fourth-order valence-corrected chi connectivity index (χ4v) is 7.68. The highest BCUT2D eigenvalue weighted by Gasteiger charge is 2.17. The zero-order valence-corrected chi connectivity index (χ0v) is 25.6. The first kappa shape index (κ1) is 26.1. The van der Waals surface area contributed by atoms with Gasteiger partial charge in [-0.2, -0.15) is 0 Å². The van der Waals surface area contributed by atoms with Crippen LogP contribution in [0, 0.1) is 0 Å². The van der Waals surface area contributed by atoms with Crippen LogP contribution in [0.3, 0.4) is 0 Å². The van der Waals surface area contributed by atoms with Gasteiger partial charge in [0.15, 0.2) is 0 Å². The molecule has 1 heteroatoms. The van der Waals surface area contributed by atoms with Crippen LogP contribution in [0.2, 0.25) is 0 Å². The molecule has 218 valence electrons. The largest absolute Gasteiger partial charge is 0.455 e. The Kier molecular flexibility index (Phi) is 5.64. The predicted octanol–water partition coefficient (Wildman–Crippen LogP) is 13.2. The maximum atomic E-state index is 6.35. The summed E-state index contributed by atoms with van der Waals surface area (Å²) in [6.45, 7) is 0. The van der Waals surface area contributed by atoms with Crippen LogP contribution in [0.15, 0.2) is 174 Å². The van der Waals surface area contributed by atoms with Crippen LogP contribution in [-0.4, -0.2) is 0 Å². The summed E-state index contributed by atoms with van der Waals surface area (Å²) in [6.07, 6.45) is 0. The first-order valence-corrected chi connectivity index (χ1v) is 16.2. The van der Waals surface area contributed by atoms with Crippen LogP contribution in [-0.2, 0) is 0 Å². The molecular formula is C46H28O. The van der Waals surface area contributed by atoms with E-state index in [1.165, 1.54) is 65.7 Å². The number of benzene rings is 9. The number of furan rings is 1. The molecule has 0 amide bonds. The van der Waals surface area contributed by atoms with Crippen molar-refractivity contribution < 1.29 is 4.42 Å². The first-order chi connectivity index (χ1) is 23.3.